The Labute approximate surface area is 113 Å². The number of aryl methyl sites for hydroxylation is 1. The molecule has 2 rings (SSSR count). The molecule has 4 nitrogen and oxygen atoms in total. The number of aromatic nitrogens is 1. The molecule has 1 N–H and O–H groups in total. The normalized spacial score (nSPS) is 10.3. The van der Waals surface area contributed by atoms with E-state index in [1.807, 2.05) is 50.4 Å². The third-order valence-electron chi connectivity index (χ3n) is 2.63. The first-order valence-electron chi connectivity index (χ1n) is 6.15. The van der Waals surface area contributed by atoms with Crippen LogP contribution >= 0.6 is 0 Å². The fourth-order valence-electron chi connectivity index (χ4n) is 1.85. The van der Waals surface area contributed by atoms with Gasteiger partial charge in [-0.15, -0.1) is 0 Å². The molecular formula is C15H18N2O2. The van der Waals surface area contributed by atoms with Crippen LogP contribution in [-0.4, -0.2) is 19.1 Å². The molecule has 0 amide bonds. The van der Waals surface area contributed by atoms with Gasteiger partial charge in [0, 0.05) is 24.4 Å². The van der Waals surface area contributed by atoms with Crippen LogP contribution < -0.4 is 14.8 Å². The van der Waals surface area contributed by atoms with Crippen molar-refractivity contribution in [3.05, 3.63) is 47.7 Å². The zero-order valence-electron chi connectivity index (χ0n) is 11.4. The molecule has 0 aliphatic rings. The summed E-state index contributed by atoms with van der Waals surface area (Å²) in [7, 11) is 3.55. The number of hydrogen-bond acceptors (Lipinski definition) is 4. The molecule has 100 valence electrons. The first-order chi connectivity index (χ1) is 9.21. The van der Waals surface area contributed by atoms with Crippen molar-refractivity contribution in [2.75, 3.05) is 14.2 Å². The Balaban J connectivity index is 2.22. The van der Waals surface area contributed by atoms with Gasteiger partial charge >= 0.3 is 0 Å². The molecule has 0 atom stereocenters. The molecule has 1 aromatic carbocycles. The van der Waals surface area contributed by atoms with E-state index in [0.717, 1.165) is 23.6 Å². The highest BCUT2D eigenvalue weighted by Crippen LogP contribution is 2.24. The summed E-state index contributed by atoms with van der Waals surface area (Å²) >= 11 is 0. The van der Waals surface area contributed by atoms with Crippen LogP contribution in [0.15, 0.2) is 36.4 Å². The van der Waals surface area contributed by atoms with Crippen LogP contribution in [0.1, 0.15) is 11.3 Å². The van der Waals surface area contributed by atoms with Gasteiger partial charge in [-0.05, 0) is 37.7 Å². The minimum atomic E-state index is 0.596. The summed E-state index contributed by atoms with van der Waals surface area (Å²) < 4.78 is 10.9. The van der Waals surface area contributed by atoms with Gasteiger partial charge in [-0.2, -0.15) is 0 Å². The summed E-state index contributed by atoms with van der Waals surface area (Å²) in [6, 6.07) is 11.4. The molecule has 0 saturated heterocycles. The van der Waals surface area contributed by atoms with Gasteiger partial charge < -0.3 is 14.8 Å². The lowest BCUT2D eigenvalue weighted by atomic mass is 10.2. The summed E-state index contributed by atoms with van der Waals surface area (Å²) in [5.74, 6) is 2.08. The predicted molar refractivity (Wildman–Crippen MR) is 74.8 cm³/mol. The highest BCUT2D eigenvalue weighted by atomic mass is 16.5. The van der Waals surface area contributed by atoms with Crippen LogP contribution in [0.3, 0.4) is 0 Å². The molecule has 0 aliphatic carbocycles. The molecule has 0 spiro atoms. The lowest BCUT2D eigenvalue weighted by Crippen LogP contribution is -2.06. The van der Waals surface area contributed by atoms with Gasteiger partial charge in [-0.3, -0.25) is 0 Å². The first-order valence-corrected chi connectivity index (χ1v) is 6.15. The second-order valence-electron chi connectivity index (χ2n) is 4.27. The number of hydrogen-bond donors (Lipinski definition) is 1. The lowest BCUT2D eigenvalue weighted by molar-refractivity contribution is 0.407. The average molecular weight is 258 g/mol. The average Bonchev–Trinajstić information content (AvgIpc) is 2.38. The molecule has 0 bridgehead atoms. The van der Waals surface area contributed by atoms with Gasteiger partial charge in [0.2, 0.25) is 5.88 Å². The van der Waals surface area contributed by atoms with E-state index < -0.39 is 0 Å². The smallest absolute Gasteiger partial charge is 0.219 e. The third-order valence-corrected chi connectivity index (χ3v) is 2.63. The van der Waals surface area contributed by atoms with E-state index in [9.17, 15) is 0 Å². The van der Waals surface area contributed by atoms with Crippen LogP contribution in [0, 0.1) is 6.92 Å². The summed E-state index contributed by atoms with van der Waals surface area (Å²) in [5.41, 5.74) is 2.08. The van der Waals surface area contributed by atoms with E-state index in [1.165, 1.54) is 0 Å². The molecule has 19 heavy (non-hydrogen) atoms. The number of pyridine rings is 1. The van der Waals surface area contributed by atoms with Gasteiger partial charge in [0.15, 0.2) is 0 Å². The molecule has 0 unspecified atom stereocenters. The Morgan fingerprint density at radius 1 is 1.16 bits per heavy atom. The largest absolute Gasteiger partial charge is 0.497 e. The van der Waals surface area contributed by atoms with Crippen molar-refractivity contribution >= 4 is 0 Å². The number of ether oxygens (including phenoxy) is 2. The summed E-state index contributed by atoms with van der Waals surface area (Å²) in [4.78, 5) is 4.38. The van der Waals surface area contributed by atoms with Crippen molar-refractivity contribution in [1.82, 2.24) is 10.3 Å². The van der Waals surface area contributed by atoms with E-state index >= 15 is 0 Å². The number of methoxy groups -OCH3 is 1. The second-order valence-corrected chi connectivity index (χ2v) is 4.27. The van der Waals surface area contributed by atoms with E-state index in [4.69, 9.17) is 9.47 Å². The maximum Gasteiger partial charge on any atom is 0.219 e. The van der Waals surface area contributed by atoms with Crippen LogP contribution in [0.25, 0.3) is 0 Å². The molecule has 1 aromatic heterocycles. The summed E-state index contributed by atoms with van der Waals surface area (Å²) in [6.07, 6.45) is 0. The molecular weight excluding hydrogens is 240 g/mol. The van der Waals surface area contributed by atoms with Crippen molar-refractivity contribution in [3.63, 3.8) is 0 Å². The van der Waals surface area contributed by atoms with Gasteiger partial charge in [0.1, 0.15) is 11.5 Å². The Hall–Kier alpha value is -2.07. The summed E-state index contributed by atoms with van der Waals surface area (Å²) in [6.45, 7) is 2.75. The quantitative estimate of drug-likeness (QED) is 0.895. The van der Waals surface area contributed by atoms with Gasteiger partial charge in [0.25, 0.3) is 0 Å². The second kappa shape index (κ2) is 6.20. The maximum absolute atomic E-state index is 5.77. The summed E-state index contributed by atoms with van der Waals surface area (Å²) in [5, 5.41) is 3.12. The van der Waals surface area contributed by atoms with E-state index in [-0.39, 0.29) is 0 Å². The van der Waals surface area contributed by atoms with Crippen molar-refractivity contribution in [1.29, 1.82) is 0 Å². The van der Waals surface area contributed by atoms with Gasteiger partial charge in [0.05, 0.1) is 7.11 Å². The number of nitrogens with one attached hydrogen (secondary N) is 1. The van der Waals surface area contributed by atoms with Crippen molar-refractivity contribution in [2.45, 2.75) is 13.5 Å². The zero-order chi connectivity index (χ0) is 13.7. The number of benzene rings is 1. The van der Waals surface area contributed by atoms with Crippen molar-refractivity contribution < 1.29 is 9.47 Å². The highest BCUT2D eigenvalue weighted by molar-refractivity contribution is 5.36. The zero-order valence-corrected chi connectivity index (χ0v) is 11.4. The minimum absolute atomic E-state index is 0.596. The Morgan fingerprint density at radius 2 is 1.95 bits per heavy atom. The molecule has 4 heteroatoms. The standard InChI is InChI=1S/C15H18N2O2/c1-11-7-12(10-16-2)8-15(17-11)19-14-6-4-5-13(9-14)18-3/h4-9,16H,10H2,1-3H3. The molecule has 0 fully saturated rings. The monoisotopic (exact) mass is 258 g/mol. The Morgan fingerprint density at radius 3 is 2.68 bits per heavy atom. The third kappa shape index (κ3) is 3.69. The number of nitrogens with zero attached hydrogens (tertiary/aromatic N) is 1. The van der Waals surface area contributed by atoms with Crippen LogP contribution in [-0.2, 0) is 6.54 Å². The van der Waals surface area contributed by atoms with Crippen LogP contribution in [0.4, 0.5) is 0 Å². The Bertz CT molecular complexity index is 556. The van der Waals surface area contributed by atoms with Crippen LogP contribution in [0.5, 0.6) is 17.4 Å². The topological polar surface area (TPSA) is 43.4 Å². The SMILES string of the molecule is CNCc1cc(C)nc(Oc2cccc(OC)c2)c1. The number of rotatable bonds is 5. The maximum atomic E-state index is 5.77. The molecule has 0 aliphatic heterocycles. The fraction of sp³-hybridized carbons (Fsp3) is 0.267. The van der Waals surface area contributed by atoms with Crippen molar-refractivity contribution in [2.24, 2.45) is 0 Å². The van der Waals surface area contributed by atoms with Gasteiger partial charge in [-0.25, -0.2) is 4.98 Å². The first kappa shape index (κ1) is 13.4. The molecule has 0 saturated carbocycles. The van der Waals surface area contributed by atoms with E-state index in [0.29, 0.717) is 11.6 Å². The predicted octanol–water partition coefficient (Wildman–Crippen LogP) is 2.91. The van der Waals surface area contributed by atoms with Crippen LogP contribution in [0.2, 0.25) is 0 Å². The van der Waals surface area contributed by atoms with E-state index in [2.05, 4.69) is 10.3 Å². The van der Waals surface area contributed by atoms with Crippen molar-refractivity contribution in [3.8, 4) is 17.4 Å². The fourth-order valence-corrected chi connectivity index (χ4v) is 1.85. The molecule has 1 heterocycles. The molecule has 0 radical (unpaired) electrons. The lowest BCUT2D eigenvalue weighted by Gasteiger charge is -2.09. The van der Waals surface area contributed by atoms with E-state index in [1.54, 1.807) is 7.11 Å². The minimum Gasteiger partial charge on any atom is -0.497 e. The van der Waals surface area contributed by atoms with Gasteiger partial charge in [-0.1, -0.05) is 6.07 Å². The Kier molecular flexibility index (Phi) is 4.36. The highest BCUT2D eigenvalue weighted by Gasteiger charge is 2.03. The molecule has 2 aromatic rings.